The molecular weight excluding hydrogens is 202 g/mol. The predicted octanol–water partition coefficient (Wildman–Crippen LogP) is 2.47. The van der Waals surface area contributed by atoms with Gasteiger partial charge in [-0.1, -0.05) is 0 Å². The molecule has 0 aliphatic heterocycles. The largest absolute Gasteiger partial charge is 0.418 e. The molecule has 0 spiro atoms. The molecule has 14 heavy (non-hydrogen) atoms. The van der Waals surface area contributed by atoms with E-state index in [9.17, 15) is 17.6 Å². The highest BCUT2D eigenvalue weighted by Gasteiger charge is 2.41. The number of halogens is 4. The van der Waals surface area contributed by atoms with E-state index in [1.54, 1.807) is 0 Å². The standard InChI is InChI=1S/C8H7F4NO/c1-14-7(8(10,11)12)5-2-6(9)4-13-3-5/h2-4,7H,1H3. The predicted molar refractivity (Wildman–Crippen MR) is 40.0 cm³/mol. The average Bonchev–Trinajstić information content (AvgIpc) is 2.02. The third-order valence-corrected chi connectivity index (χ3v) is 1.56. The number of hydrogen-bond donors (Lipinski definition) is 0. The lowest BCUT2D eigenvalue weighted by molar-refractivity contribution is -0.216. The number of nitrogens with zero attached hydrogens (tertiary/aromatic N) is 1. The molecule has 6 heteroatoms. The number of pyridine rings is 1. The molecule has 0 saturated carbocycles. The Morgan fingerprint density at radius 3 is 2.43 bits per heavy atom. The van der Waals surface area contributed by atoms with E-state index >= 15 is 0 Å². The van der Waals surface area contributed by atoms with Crippen molar-refractivity contribution in [1.82, 2.24) is 4.98 Å². The average molecular weight is 209 g/mol. The van der Waals surface area contributed by atoms with Crippen LogP contribution >= 0.6 is 0 Å². The lowest BCUT2D eigenvalue weighted by atomic mass is 10.1. The van der Waals surface area contributed by atoms with Crippen molar-refractivity contribution in [3.63, 3.8) is 0 Å². The van der Waals surface area contributed by atoms with Crippen molar-refractivity contribution >= 4 is 0 Å². The number of hydrogen-bond acceptors (Lipinski definition) is 2. The van der Waals surface area contributed by atoms with E-state index in [0.717, 1.165) is 25.6 Å². The Morgan fingerprint density at radius 2 is 2.00 bits per heavy atom. The van der Waals surface area contributed by atoms with Gasteiger partial charge in [0.25, 0.3) is 0 Å². The van der Waals surface area contributed by atoms with Crippen molar-refractivity contribution in [1.29, 1.82) is 0 Å². The molecule has 2 nitrogen and oxygen atoms in total. The third-order valence-electron chi connectivity index (χ3n) is 1.56. The van der Waals surface area contributed by atoms with Crippen LogP contribution in [0.15, 0.2) is 18.5 Å². The van der Waals surface area contributed by atoms with Crippen LogP contribution in [-0.4, -0.2) is 18.3 Å². The zero-order valence-electron chi connectivity index (χ0n) is 7.18. The van der Waals surface area contributed by atoms with Crippen molar-refractivity contribution < 1.29 is 22.3 Å². The lowest BCUT2D eigenvalue weighted by Crippen LogP contribution is -2.22. The fraction of sp³-hybridized carbons (Fsp3) is 0.375. The fourth-order valence-corrected chi connectivity index (χ4v) is 1.03. The molecule has 1 unspecified atom stereocenters. The molecule has 1 heterocycles. The highest BCUT2D eigenvalue weighted by molar-refractivity contribution is 5.15. The van der Waals surface area contributed by atoms with Crippen molar-refractivity contribution in [3.8, 4) is 0 Å². The summed E-state index contributed by atoms with van der Waals surface area (Å²) in [6, 6.07) is 0.745. The molecule has 0 N–H and O–H groups in total. The van der Waals surface area contributed by atoms with Crippen LogP contribution < -0.4 is 0 Å². The summed E-state index contributed by atoms with van der Waals surface area (Å²) in [5.74, 6) is -0.825. The minimum Gasteiger partial charge on any atom is -0.367 e. The number of ether oxygens (including phenoxy) is 1. The van der Waals surface area contributed by atoms with Gasteiger partial charge in [0.15, 0.2) is 6.10 Å². The first-order valence-corrected chi connectivity index (χ1v) is 3.65. The minimum absolute atomic E-state index is 0.347. The van der Waals surface area contributed by atoms with E-state index in [1.165, 1.54) is 0 Å². The van der Waals surface area contributed by atoms with E-state index in [1.807, 2.05) is 0 Å². The summed E-state index contributed by atoms with van der Waals surface area (Å²) in [5.41, 5.74) is -0.347. The van der Waals surface area contributed by atoms with Crippen LogP contribution in [-0.2, 0) is 4.74 Å². The van der Waals surface area contributed by atoms with Crippen molar-refractivity contribution in [2.45, 2.75) is 12.3 Å². The molecule has 0 aliphatic carbocycles. The minimum atomic E-state index is -4.57. The van der Waals surface area contributed by atoms with E-state index in [-0.39, 0.29) is 5.56 Å². The van der Waals surface area contributed by atoms with Crippen LogP contribution in [0, 0.1) is 5.82 Å². The fourth-order valence-electron chi connectivity index (χ4n) is 1.03. The Morgan fingerprint density at radius 1 is 1.36 bits per heavy atom. The molecule has 1 aromatic heterocycles. The molecule has 0 radical (unpaired) electrons. The normalized spacial score (nSPS) is 14.1. The highest BCUT2D eigenvalue weighted by Crippen LogP contribution is 2.34. The SMILES string of the molecule is COC(c1cncc(F)c1)C(F)(F)F. The maximum Gasteiger partial charge on any atom is 0.418 e. The van der Waals surface area contributed by atoms with Crippen LogP contribution in [0.4, 0.5) is 17.6 Å². The van der Waals surface area contributed by atoms with E-state index in [2.05, 4.69) is 9.72 Å². The first-order chi connectivity index (χ1) is 6.45. The maximum absolute atomic E-state index is 12.6. The van der Waals surface area contributed by atoms with E-state index in [4.69, 9.17) is 0 Å². The molecule has 1 rings (SSSR count). The summed E-state index contributed by atoms with van der Waals surface area (Å²) in [4.78, 5) is 3.31. The van der Waals surface area contributed by atoms with Gasteiger partial charge < -0.3 is 4.74 Å². The van der Waals surface area contributed by atoms with Crippen molar-refractivity contribution in [2.75, 3.05) is 7.11 Å². The van der Waals surface area contributed by atoms with Crippen molar-refractivity contribution in [2.24, 2.45) is 0 Å². The second-order valence-electron chi connectivity index (χ2n) is 2.59. The first-order valence-electron chi connectivity index (χ1n) is 3.65. The van der Waals surface area contributed by atoms with Gasteiger partial charge in [-0.3, -0.25) is 4.98 Å². The third kappa shape index (κ3) is 2.41. The second kappa shape index (κ2) is 3.91. The Hall–Kier alpha value is -1.17. The monoisotopic (exact) mass is 209 g/mol. The molecule has 1 aromatic rings. The molecule has 0 fully saturated rings. The smallest absolute Gasteiger partial charge is 0.367 e. The van der Waals surface area contributed by atoms with Crippen LogP contribution in [0.1, 0.15) is 11.7 Å². The van der Waals surface area contributed by atoms with Crippen LogP contribution in [0.5, 0.6) is 0 Å². The molecule has 0 amide bonds. The Labute approximate surface area is 77.5 Å². The molecule has 78 valence electrons. The molecule has 0 bridgehead atoms. The molecule has 0 aromatic carbocycles. The zero-order chi connectivity index (χ0) is 10.8. The Bertz CT molecular complexity index is 312. The van der Waals surface area contributed by atoms with Gasteiger partial charge in [0.2, 0.25) is 0 Å². The maximum atomic E-state index is 12.6. The van der Waals surface area contributed by atoms with Gasteiger partial charge in [0.1, 0.15) is 5.82 Å². The van der Waals surface area contributed by atoms with Crippen LogP contribution in [0.25, 0.3) is 0 Å². The van der Waals surface area contributed by atoms with E-state index < -0.39 is 18.1 Å². The summed E-state index contributed by atoms with van der Waals surface area (Å²) in [7, 11) is 0.906. The lowest BCUT2D eigenvalue weighted by Gasteiger charge is -2.18. The Kier molecular flexibility index (Phi) is 3.05. The van der Waals surface area contributed by atoms with E-state index in [0.29, 0.717) is 0 Å². The number of methoxy groups -OCH3 is 1. The highest BCUT2D eigenvalue weighted by atomic mass is 19.4. The second-order valence-corrected chi connectivity index (χ2v) is 2.59. The van der Waals surface area contributed by atoms with Crippen molar-refractivity contribution in [3.05, 3.63) is 29.8 Å². The van der Waals surface area contributed by atoms with Crippen LogP contribution in [0.2, 0.25) is 0 Å². The zero-order valence-corrected chi connectivity index (χ0v) is 7.18. The van der Waals surface area contributed by atoms with Gasteiger partial charge in [-0.2, -0.15) is 13.2 Å². The molecule has 0 saturated heterocycles. The van der Waals surface area contributed by atoms with Crippen LogP contribution in [0.3, 0.4) is 0 Å². The summed E-state index contributed by atoms with van der Waals surface area (Å²) in [5, 5.41) is 0. The number of rotatable bonds is 2. The van der Waals surface area contributed by atoms with Gasteiger partial charge in [-0.15, -0.1) is 0 Å². The summed E-state index contributed by atoms with van der Waals surface area (Å²) >= 11 is 0. The molecule has 0 aliphatic rings. The van der Waals surface area contributed by atoms with Gasteiger partial charge in [-0.05, 0) is 6.07 Å². The van der Waals surface area contributed by atoms with Gasteiger partial charge >= 0.3 is 6.18 Å². The van der Waals surface area contributed by atoms with Gasteiger partial charge in [0, 0.05) is 18.9 Å². The topological polar surface area (TPSA) is 22.1 Å². The summed E-state index contributed by atoms with van der Waals surface area (Å²) < 4.78 is 53.6. The molecule has 1 atom stereocenters. The quantitative estimate of drug-likeness (QED) is 0.698. The summed E-state index contributed by atoms with van der Waals surface area (Å²) in [6.07, 6.45) is -4.95. The Balaban J connectivity index is 3.01. The first kappa shape index (κ1) is 10.9. The molecular formula is C8H7F4NO. The van der Waals surface area contributed by atoms with Gasteiger partial charge in [0.05, 0.1) is 6.20 Å². The number of aromatic nitrogens is 1. The number of alkyl halides is 3. The summed E-state index contributed by atoms with van der Waals surface area (Å²) in [6.45, 7) is 0. The van der Waals surface area contributed by atoms with Gasteiger partial charge in [-0.25, -0.2) is 4.39 Å².